The Kier molecular flexibility index (Phi) is 6.08. The second-order valence-corrected chi connectivity index (χ2v) is 6.99. The van der Waals surface area contributed by atoms with E-state index < -0.39 is 0 Å². The van der Waals surface area contributed by atoms with Gasteiger partial charge in [-0.1, -0.05) is 37.3 Å². The van der Waals surface area contributed by atoms with Crippen LogP contribution in [0.4, 0.5) is 0 Å². The Balaban J connectivity index is 1.70. The van der Waals surface area contributed by atoms with E-state index in [1.807, 2.05) is 28.0 Å². The van der Waals surface area contributed by atoms with Crippen LogP contribution in [0.5, 0.6) is 0 Å². The maximum atomic E-state index is 12.9. The minimum atomic E-state index is 0.0574. The van der Waals surface area contributed by atoms with Crippen molar-refractivity contribution in [2.24, 2.45) is 5.92 Å². The lowest BCUT2D eigenvalue weighted by Gasteiger charge is -2.33. The molecule has 3 rings (SSSR count). The monoisotopic (exact) mass is 344 g/mol. The van der Waals surface area contributed by atoms with Crippen LogP contribution >= 0.6 is 0 Å². The van der Waals surface area contributed by atoms with Crippen LogP contribution in [0.1, 0.15) is 38.2 Å². The molecule has 2 saturated heterocycles. The number of amides is 2. The lowest BCUT2D eigenvalue weighted by atomic mass is 9.98. The van der Waals surface area contributed by atoms with Gasteiger partial charge in [-0.2, -0.15) is 0 Å². The van der Waals surface area contributed by atoms with Crippen molar-refractivity contribution in [3.63, 3.8) is 0 Å². The molecule has 2 amide bonds. The molecule has 2 heterocycles. The van der Waals surface area contributed by atoms with Crippen molar-refractivity contribution >= 4 is 11.8 Å². The van der Waals surface area contributed by atoms with E-state index in [-0.39, 0.29) is 23.8 Å². The smallest absolute Gasteiger partial charge is 0.225 e. The highest BCUT2D eigenvalue weighted by Gasteiger charge is 2.33. The first-order valence-electron chi connectivity index (χ1n) is 9.39. The molecule has 2 fully saturated rings. The van der Waals surface area contributed by atoms with Crippen molar-refractivity contribution in [2.75, 3.05) is 26.3 Å². The predicted octanol–water partition coefficient (Wildman–Crippen LogP) is 2.45. The average molecular weight is 344 g/mol. The molecule has 0 aliphatic carbocycles. The molecule has 2 aliphatic rings. The van der Waals surface area contributed by atoms with Gasteiger partial charge in [0.1, 0.15) is 0 Å². The third-order valence-electron chi connectivity index (χ3n) is 5.34. The summed E-state index contributed by atoms with van der Waals surface area (Å²) in [5.74, 6) is 0.413. The third kappa shape index (κ3) is 4.40. The molecule has 5 nitrogen and oxygen atoms in total. The maximum Gasteiger partial charge on any atom is 0.225 e. The number of hydrogen-bond acceptors (Lipinski definition) is 3. The molecule has 136 valence electrons. The predicted molar refractivity (Wildman–Crippen MR) is 95.8 cm³/mol. The Bertz CT molecular complexity index is 584. The van der Waals surface area contributed by atoms with Gasteiger partial charge in [-0.3, -0.25) is 9.59 Å². The Morgan fingerprint density at radius 1 is 1.20 bits per heavy atom. The summed E-state index contributed by atoms with van der Waals surface area (Å²) in [7, 11) is 0. The number of rotatable bonds is 4. The standard InChI is InChI=1S/C20H28N2O3/c1-2-18-15-21(20(24)17-9-12-25-13-10-17)11-8-19(23)22(18)14-16-6-4-3-5-7-16/h3-7,17-18H,2,8-15H2,1H3. The van der Waals surface area contributed by atoms with Crippen LogP contribution in [0.25, 0.3) is 0 Å². The number of hydrogen-bond donors (Lipinski definition) is 0. The largest absolute Gasteiger partial charge is 0.381 e. The fourth-order valence-corrected chi connectivity index (χ4v) is 3.77. The molecule has 1 unspecified atom stereocenters. The topological polar surface area (TPSA) is 49.9 Å². The van der Waals surface area contributed by atoms with Crippen LogP contribution < -0.4 is 0 Å². The van der Waals surface area contributed by atoms with Gasteiger partial charge in [-0.05, 0) is 24.8 Å². The summed E-state index contributed by atoms with van der Waals surface area (Å²) >= 11 is 0. The highest BCUT2D eigenvalue weighted by atomic mass is 16.5. The molecule has 0 aromatic heterocycles. The molecule has 1 aromatic carbocycles. The highest BCUT2D eigenvalue weighted by molar-refractivity contribution is 5.82. The lowest BCUT2D eigenvalue weighted by molar-refractivity contribution is -0.139. The molecule has 5 heteroatoms. The van der Waals surface area contributed by atoms with E-state index in [2.05, 4.69) is 19.1 Å². The zero-order chi connectivity index (χ0) is 17.6. The van der Waals surface area contributed by atoms with Gasteiger partial charge in [-0.15, -0.1) is 0 Å². The van der Waals surface area contributed by atoms with E-state index in [4.69, 9.17) is 4.74 Å². The van der Waals surface area contributed by atoms with Gasteiger partial charge in [0.05, 0.1) is 0 Å². The Hall–Kier alpha value is -1.88. The minimum Gasteiger partial charge on any atom is -0.381 e. The summed E-state index contributed by atoms with van der Waals surface area (Å²) in [5, 5.41) is 0. The van der Waals surface area contributed by atoms with E-state index in [1.165, 1.54) is 0 Å². The van der Waals surface area contributed by atoms with Crippen molar-refractivity contribution in [3.05, 3.63) is 35.9 Å². The van der Waals surface area contributed by atoms with Gasteiger partial charge in [0.25, 0.3) is 0 Å². The van der Waals surface area contributed by atoms with Gasteiger partial charge < -0.3 is 14.5 Å². The third-order valence-corrected chi connectivity index (χ3v) is 5.34. The second-order valence-electron chi connectivity index (χ2n) is 6.99. The van der Waals surface area contributed by atoms with Gasteiger partial charge in [0.15, 0.2) is 0 Å². The molecule has 0 saturated carbocycles. The van der Waals surface area contributed by atoms with E-state index in [0.717, 1.165) is 24.8 Å². The maximum absolute atomic E-state index is 12.9. The average Bonchev–Trinajstić information content (AvgIpc) is 2.82. The normalized spacial score (nSPS) is 22.8. The van der Waals surface area contributed by atoms with Crippen molar-refractivity contribution in [3.8, 4) is 0 Å². The Morgan fingerprint density at radius 2 is 1.92 bits per heavy atom. The van der Waals surface area contributed by atoms with E-state index in [1.54, 1.807) is 0 Å². The van der Waals surface area contributed by atoms with Crippen LogP contribution in [-0.2, 0) is 20.9 Å². The van der Waals surface area contributed by atoms with Crippen molar-refractivity contribution in [2.45, 2.75) is 45.2 Å². The Morgan fingerprint density at radius 3 is 2.60 bits per heavy atom. The van der Waals surface area contributed by atoms with Crippen molar-refractivity contribution in [1.82, 2.24) is 9.80 Å². The van der Waals surface area contributed by atoms with Gasteiger partial charge >= 0.3 is 0 Å². The first-order chi connectivity index (χ1) is 12.2. The highest BCUT2D eigenvalue weighted by Crippen LogP contribution is 2.22. The van der Waals surface area contributed by atoms with E-state index >= 15 is 0 Å². The molecular weight excluding hydrogens is 316 g/mol. The molecule has 1 aromatic rings. The molecule has 0 radical (unpaired) electrons. The summed E-state index contributed by atoms with van der Waals surface area (Å²) in [5.41, 5.74) is 1.14. The van der Waals surface area contributed by atoms with Crippen LogP contribution in [0.2, 0.25) is 0 Å². The molecular formula is C20H28N2O3. The second kappa shape index (κ2) is 8.48. The van der Waals surface area contributed by atoms with Crippen LogP contribution in [-0.4, -0.2) is 54.0 Å². The lowest BCUT2D eigenvalue weighted by Crippen LogP contribution is -2.45. The molecule has 0 spiro atoms. The first-order valence-corrected chi connectivity index (χ1v) is 9.39. The van der Waals surface area contributed by atoms with Crippen LogP contribution in [0, 0.1) is 5.92 Å². The molecule has 1 atom stereocenters. The molecule has 0 N–H and O–H groups in total. The number of carbonyl (C=O) groups is 2. The zero-order valence-electron chi connectivity index (χ0n) is 15.0. The molecule has 2 aliphatic heterocycles. The van der Waals surface area contributed by atoms with E-state index in [0.29, 0.717) is 39.3 Å². The minimum absolute atomic E-state index is 0.0574. The quantitative estimate of drug-likeness (QED) is 0.843. The fourth-order valence-electron chi connectivity index (χ4n) is 3.77. The number of carbonyl (C=O) groups excluding carboxylic acids is 2. The van der Waals surface area contributed by atoms with Crippen LogP contribution in [0.3, 0.4) is 0 Å². The summed E-state index contributed by atoms with van der Waals surface area (Å²) < 4.78 is 5.37. The molecule has 25 heavy (non-hydrogen) atoms. The fraction of sp³-hybridized carbons (Fsp3) is 0.600. The summed E-state index contributed by atoms with van der Waals surface area (Å²) in [6.45, 7) is 5.24. The Labute approximate surface area is 149 Å². The van der Waals surface area contributed by atoms with E-state index in [9.17, 15) is 9.59 Å². The number of ether oxygens (including phenoxy) is 1. The van der Waals surface area contributed by atoms with Gasteiger partial charge in [-0.25, -0.2) is 0 Å². The first kappa shape index (κ1) is 17.9. The van der Waals surface area contributed by atoms with Gasteiger partial charge in [0.2, 0.25) is 11.8 Å². The van der Waals surface area contributed by atoms with Crippen molar-refractivity contribution in [1.29, 1.82) is 0 Å². The summed E-state index contributed by atoms with van der Waals surface area (Å²) in [4.78, 5) is 29.5. The number of nitrogens with zero attached hydrogens (tertiary/aromatic N) is 2. The SMILES string of the molecule is CCC1CN(C(=O)C2CCOCC2)CCC(=O)N1Cc1ccccc1. The summed E-state index contributed by atoms with van der Waals surface area (Å²) in [6, 6.07) is 10.2. The molecule has 0 bridgehead atoms. The summed E-state index contributed by atoms with van der Waals surface area (Å²) in [6.07, 6.45) is 2.87. The van der Waals surface area contributed by atoms with Crippen molar-refractivity contribution < 1.29 is 14.3 Å². The number of benzene rings is 1. The van der Waals surface area contributed by atoms with Gasteiger partial charge in [0, 0.05) is 51.2 Å². The zero-order valence-corrected chi connectivity index (χ0v) is 15.0. The van der Waals surface area contributed by atoms with Crippen LogP contribution in [0.15, 0.2) is 30.3 Å².